The zero-order chi connectivity index (χ0) is 13.9. The molecule has 1 amide bonds. The topological polar surface area (TPSA) is 71.1 Å². The van der Waals surface area contributed by atoms with Crippen LogP contribution in [0.4, 0.5) is 5.82 Å². The van der Waals surface area contributed by atoms with Gasteiger partial charge in [-0.15, -0.1) is 0 Å². The molecule has 1 aliphatic heterocycles. The van der Waals surface area contributed by atoms with Gasteiger partial charge in [0.25, 0.3) is 5.91 Å². The van der Waals surface area contributed by atoms with Crippen molar-refractivity contribution in [3.8, 4) is 0 Å². The Balaban J connectivity index is 1.79. The molecule has 0 fully saturated rings. The lowest BCUT2D eigenvalue weighted by Gasteiger charge is -2.22. The highest BCUT2D eigenvalue weighted by molar-refractivity contribution is 7.97. The van der Waals surface area contributed by atoms with Crippen LogP contribution >= 0.6 is 11.9 Å². The number of Topliss-reactive ketones (excluding diaryl/α,β-unsaturated/α-hetero) is 1. The summed E-state index contributed by atoms with van der Waals surface area (Å²) in [6, 6.07) is 11.5. The second-order valence-corrected chi connectivity index (χ2v) is 5.10. The quantitative estimate of drug-likeness (QED) is 0.651. The third-order valence-corrected chi connectivity index (χ3v) is 3.81. The average Bonchev–Trinajstić information content (AvgIpc) is 2.49. The van der Waals surface area contributed by atoms with Gasteiger partial charge in [-0.1, -0.05) is 24.3 Å². The number of nitrogens with zero attached hydrogens (tertiary/aromatic N) is 1. The summed E-state index contributed by atoms with van der Waals surface area (Å²) in [5, 5.41) is 2.63. The molecular formula is C14H11N3O2S. The lowest BCUT2D eigenvalue weighted by atomic mass is 10.0. The molecule has 1 unspecified atom stereocenters. The number of amides is 1. The van der Waals surface area contributed by atoms with Gasteiger partial charge in [-0.25, -0.2) is 9.71 Å². The minimum Gasteiger partial charge on any atom is -0.309 e. The summed E-state index contributed by atoms with van der Waals surface area (Å²) in [5.41, 5.74) is 0.567. The lowest BCUT2D eigenvalue weighted by Crippen LogP contribution is -2.46. The molecule has 1 atom stereocenters. The van der Waals surface area contributed by atoms with Crippen LogP contribution in [0.1, 0.15) is 10.4 Å². The summed E-state index contributed by atoms with van der Waals surface area (Å²) >= 11 is 1.29. The second-order valence-electron chi connectivity index (χ2n) is 4.22. The number of aromatic nitrogens is 1. The van der Waals surface area contributed by atoms with Crippen LogP contribution in [-0.2, 0) is 4.79 Å². The minimum absolute atomic E-state index is 0.229. The Hall–Kier alpha value is -2.18. The fourth-order valence-electron chi connectivity index (χ4n) is 1.90. The summed E-state index contributed by atoms with van der Waals surface area (Å²) < 4.78 is 2.87. The van der Waals surface area contributed by atoms with E-state index in [0.717, 1.165) is 4.90 Å². The number of anilines is 1. The van der Waals surface area contributed by atoms with Crippen LogP contribution in [0.2, 0.25) is 0 Å². The monoisotopic (exact) mass is 285 g/mol. The van der Waals surface area contributed by atoms with Crippen molar-refractivity contribution in [2.45, 2.75) is 10.9 Å². The fraction of sp³-hybridized carbons (Fsp3) is 0.0714. The van der Waals surface area contributed by atoms with Crippen LogP contribution in [0.15, 0.2) is 53.6 Å². The molecule has 0 saturated heterocycles. The van der Waals surface area contributed by atoms with Crippen molar-refractivity contribution in [1.29, 1.82) is 0 Å². The zero-order valence-electron chi connectivity index (χ0n) is 10.4. The number of pyridine rings is 1. The van der Waals surface area contributed by atoms with E-state index < -0.39 is 11.9 Å². The Kier molecular flexibility index (Phi) is 3.49. The van der Waals surface area contributed by atoms with Gasteiger partial charge >= 0.3 is 0 Å². The van der Waals surface area contributed by atoms with Gasteiger partial charge in [-0.05, 0) is 30.1 Å². The normalized spacial score (nSPS) is 17.4. The zero-order valence-corrected chi connectivity index (χ0v) is 11.2. The van der Waals surface area contributed by atoms with Gasteiger partial charge in [0.1, 0.15) is 5.82 Å². The molecule has 2 N–H and O–H groups in total. The molecule has 20 heavy (non-hydrogen) atoms. The average molecular weight is 285 g/mol. The molecule has 5 nitrogen and oxygen atoms in total. The maximum absolute atomic E-state index is 12.3. The van der Waals surface area contributed by atoms with E-state index in [-0.39, 0.29) is 5.78 Å². The molecule has 1 aromatic heterocycles. The Bertz CT molecular complexity index is 660. The van der Waals surface area contributed by atoms with Crippen LogP contribution < -0.4 is 10.0 Å². The first-order valence-electron chi connectivity index (χ1n) is 6.03. The number of ketones is 1. The smallest absolute Gasteiger partial charge is 0.251 e. The summed E-state index contributed by atoms with van der Waals surface area (Å²) in [4.78, 5) is 29.3. The Morgan fingerprint density at radius 1 is 1.20 bits per heavy atom. The van der Waals surface area contributed by atoms with Gasteiger partial charge < -0.3 is 5.32 Å². The van der Waals surface area contributed by atoms with Crippen molar-refractivity contribution in [2.24, 2.45) is 0 Å². The number of carbonyl (C=O) groups excluding carboxylic acids is 2. The standard InChI is InChI=1S/C14H11N3O2S/c18-13-9-5-1-2-6-10(9)20-17-12(13)14(19)16-11-7-3-4-8-15-11/h1-8,12,17H,(H,15,16,19). The predicted octanol–water partition coefficient (Wildman–Crippen LogP) is 1.88. The number of hydrogen-bond donors (Lipinski definition) is 2. The van der Waals surface area contributed by atoms with Gasteiger partial charge in [0.2, 0.25) is 0 Å². The van der Waals surface area contributed by atoms with Crippen molar-refractivity contribution < 1.29 is 9.59 Å². The van der Waals surface area contributed by atoms with E-state index in [0.29, 0.717) is 11.4 Å². The van der Waals surface area contributed by atoms with Crippen LogP contribution in [0.25, 0.3) is 0 Å². The van der Waals surface area contributed by atoms with E-state index in [1.54, 1.807) is 36.5 Å². The third kappa shape index (κ3) is 2.43. The van der Waals surface area contributed by atoms with Crippen molar-refractivity contribution in [1.82, 2.24) is 9.71 Å². The molecule has 0 radical (unpaired) electrons. The molecule has 0 saturated carbocycles. The molecule has 3 rings (SSSR count). The fourth-order valence-corrected chi connectivity index (χ4v) is 2.78. The molecule has 2 aromatic rings. The molecule has 1 aliphatic rings. The van der Waals surface area contributed by atoms with Crippen molar-refractivity contribution >= 4 is 29.5 Å². The lowest BCUT2D eigenvalue weighted by molar-refractivity contribution is -0.116. The SMILES string of the molecule is O=C(Nc1ccccn1)C1NSc2ccccc2C1=O. The first-order chi connectivity index (χ1) is 9.75. The van der Waals surface area contributed by atoms with Crippen LogP contribution in [0.3, 0.4) is 0 Å². The molecule has 0 bridgehead atoms. The van der Waals surface area contributed by atoms with Crippen molar-refractivity contribution in [3.05, 3.63) is 54.2 Å². The van der Waals surface area contributed by atoms with Crippen LogP contribution in [0, 0.1) is 0 Å². The van der Waals surface area contributed by atoms with Crippen molar-refractivity contribution in [3.63, 3.8) is 0 Å². The van der Waals surface area contributed by atoms with E-state index in [2.05, 4.69) is 15.0 Å². The van der Waals surface area contributed by atoms with Gasteiger partial charge in [-0.3, -0.25) is 9.59 Å². The van der Waals surface area contributed by atoms with E-state index in [9.17, 15) is 9.59 Å². The number of nitrogens with one attached hydrogen (secondary N) is 2. The maximum Gasteiger partial charge on any atom is 0.251 e. The van der Waals surface area contributed by atoms with Crippen molar-refractivity contribution in [2.75, 3.05) is 5.32 Å². The predicted molar refractivity (Wildman–Crippen MR) is 76.4 cm³/mol. The van der Waals surface area contributed by atoms with E-state index in [1.807, 2.05) is 12.1 Å². The van der Waals surface area contributed by atoms with Crippen LogP contribution in [0.5, 0.6) is 0 Å². The summed E-state index contributed by atoms with van der Waals surface area (Å²) in [6.07, 6.45) is 1.58. The third-order valence-electron chi connectivity index (χ3n) is 2.88. The van der Waals surface area contributed by atoms with Gasteiger partial charge in [0, 0.05) is 16.7 Å². The number of hydrogen-bond acceptors (Lipinski definition) is 5. The first kappa shape index (κ1) is 12.8. The molecule has 0 aliphatic carbocycles. The van der Waals surface area contributed by atoms with E-state index in [1.165, 1.54) is 11.9 Å². The summed E-state index contributed by atoms with van der Waals surface area (Å²) in [6.45, 7) is 0. The van der Waals surface area contributed by atoms with Gasteiger partial charge in [-0.2, -0.15) is 0 Å². The Morgan fingerprint density at radius 2 is 2.00 bits per heavy atom. The van der Waals surface area contributed by atoms with Gasteiger partial charge in [0.15, 0.2) is 11.8 Å². The van der Waals surface area contributed by atoms with E-state index in [4.69, 9.17) is 0 Å². The summed E-state index contributed by atoms with van der Waals surface area (Å²) in [5.74, 6) is -0.209. The minimum atomic E-state index is -0.906. The number of benzene rings is 1. The molecule has 2 heterocycles. The molecule has 0 spiro atoms. The van der Waals surface area contributed by atoms with E-state index >= 15 is 0 Å². The summed E-state index contributed by atoms with van der Waals surface area (Å²) in [7, 11) is 0. The highest BCUT2D eigenvalue weighted by atomic mass is 32.2. The highest BCUT2D eigenvalue weighted by Crippen LogP contribution is 2.27. The highest BCUT2D eigenvalue weighted by Gasteiger charge is 2.33. The molecular weight excluding hydrogens is 274 g/mol. The Labute approximate surface area is 119 Å². The molecule has 6 heteroatoms. The first-order valence-corrected chi connectivity index (χ1v) is 6.85. The largest absolute Gasteiger partial charge is 0.309 e. The van der Waals surface area contributed by atoms with Crippen LogP contribution in [-0.4, -0.2) is 22.7 Å². The molecule has 1 aromatic carbocycles. The Morgan fingerprint density at radius 3 is 2.80 bits per heavy atom. The number of fused-ring (bicyclic) bond motifs is 1. The number of carbonyl (C=O) groups is 2. The number of rotatable bonds is 2. The second kappa shape index (κ2) is 5.44. The van der Waals surface area contributed by atoms with Gasteiger partial charge in [0.05, 0.1) is 0 Å². The molecule has 100 valence electrons. The maximum atomic E-state index is 12.3.